The van der Waals surface area contributed by atoms with E-state index in [2.05, 4.69) is 34.3 Å². The number of hydrogen-bond acceptors (Lipinski definition) is 5. The number of nitrogens with one attached hydrogen (secondary N) is 1. The molecule has 1 atom stereocenters. The summed E-state index contributed by atoms with van der Waals surface area (Å²) in [7, 11) is 0. The van der Waals surface area contributed by atoms with Crippen LogP contribution in [0.3, 0.4) is 0 Å². The molecule has 0 spiro atoms. The first-order valence-electron chi connectivity index (χ1n) is 10.1. The fourth-order valence-corrected chi connectivity index (χ4v) is 4.53. The molecule has 1 N–H and O–H groups in total. The summed E-state index contributed by atoms with van der Waals surface area (Å²) in [5, 5.41) is 6.83. The molecule has 1 unspecified atom stereocenters. The van der Waals surface area contributed by atoms with Crippen LogP contribution in [0.25, 0.3) is 0 Å². The second-order valence-electron chi connectivity index (χ2n) is 7.06. The Morgan fingerprint density at radius 3 is 2.89 bits per heavy atom. The van der Waals surface area contributed by atoms with E-state index in [1.807, 2.05) is 0 Å². The maximum Gasteiger partial charge on any atom is 0.193 e. The first-order valence-corrected chi connectivity index (χ1v) is 11.0. The molecule has 2 aliphatic heterocycles. The number of thiazole rings is 1. The molecular formula is C19H34IN5OS. The van der Waals surface area contributed by atoms with Crippen molar-refractivity contribution in [3.05, 3.63) is 11.1 Å². The lowest BCUT2D eigenvalue weighted by molar-refractivity contribution is 0.114. The van der Waals surface area contributed by atoms with E-state index in [4.69, 9.17) is 14.7 Å². The van der Waals surface area contributed by atoms with Gasteiger partial charge in [-0.1, -0.05) is 0 Å². The summed E-state index contributed by atoms with van der Waals surface area (Å²) in [5.41, 5.74) is 1.17. The zero-order valence-corrected chi connectivity index (χ0v) is 19.8. The molecule has 0 aromatic carbocycles. The van der Waals surface area contributed by atoms with Gasteiger partial charge in [-0.2, -0.15) is 0 Å². The maximum absolute atomic E-state index is 5.59. The predicted octanol–water partition coefficient (Wildman–Crippen LogP) is 3.23. The minimum atomic E-state index is 0. The average Bonchev–Trinajstić information content (AvgIpc) is 3.40. The third kappa shape index (κ3) is 6.74. The lowest BCUT2D eigenvalue weighted by atomic mass is 10.1. The molecule has 154 valence electrons. The van der Waals surface area contributed by atoms with Gasteiger partial charge in [-0.05, 0) is 33.1 Å². The maximum atomic E-state index is 5.59. The lowest BCUT2D eigenvalue weighted by Crippen LogP contribution is -2.40. The number of aromatic nitrogens is 1. The Bertz CT molecular complexity index is 576. The quantitative estimate of drug-likeness (QED) is 0.333. The van der Waals surface area contributed by atoms with Crippen LogP contribution in [0.5, 0.6) is 0 Å². The summed E-state index contributed by atoms with van der Waals surface area (Å²) in [6, 6.07) is 0. The first-order chi connectivity index (χ1) is 12.8. The van der Waals surface area contributed by atoms with Gasteiger partial charge in [0.25, 0.3) is 0 Å². The summed E-state index contributed by atoms with van der Waals surface area (Å²) >= 11 is 1.78. The second-order valence-corrected chi connectivity index (χ2v) is 7.90. The Balaban J connectivity index is 0.00000261. The van der Waals surface area contributed by atoms with Gasteiger partial charge < -0.3 is 19.9 Å². The molecule has 2 aliphatic rings. The van der Waals surface area contributed by atoms with Crippen molar-refractivity contribution >= 4 is 46.4 Å². The van der Waals surface area contributed by atoms with Crippen molar-refractivity contribution in [3.63, 3.8) is 0 Å². The van der Waals surface area contributed by atoms with Crippen molar-refractivity contribution in [1.82, 2.24) is 15.2 Å². The van der Waals surface area contributed by atoms with Gasteiger partial charge >= 0.3 is 0 Å². The van der Waals surface area contributed by atoms with E-state index in [0.29, 0.717) is 5.92 Å². The van der Waals surface area contributed by atoms with Gasteiger partial charge in [0.05, 0.1) is 12.3 Å². The molecule has 0 bridgehead atoms. The first kappa shape index (κ1) is 22.7. The monoisotopic (exact) mass is 507 g/mol. The van der Waals surface area contributed by atoms with E-state index in [1.54, 1.807) is 11.3 Å². The van der Waals surface area contributed by atoms with Crippen LogP contribution in [0.2, 0.25) is 0 Å². The molecule has 0 radical (unpaired) electrons. The molecule has 2 saturated heterocycles. The molecule has 3 rings (SSSR count). The number of hydrogen-bond donors (Lipinski definition) is 1. The molecule has 3 heterocycles. The molecule has 8 heteroatoms. The number of anilines is 1. The number of likely N-dealkylation sites (tertiary alicyclic amines) is 1. The number of halogens is 1. The van der Waals surface area contributed by atoms with Gasteiger partial charge in [-0.15, -0.1) is 35.3 Å². The van der Waals surface area contributed by atoms with Crippen LogP contribution in [0.4, 0.5) is 5.13 Å². The number of rotatable bonds is 8. The van der Waals surface area contributed by atoms with Crippen molar-refractivity contribution in [1.29, 1.82) is 0 Å². The summed E-state index contributed by atoms with van der Waals surface area (Å²) in [5.74, 6) is 1.67. The topological polar surface area (TPSA) is 53.0 Å². The fraction of sp³-hybridized carbons (Fsp3) is 0.789. The van der Waals surface area contributed by atoms with Gasteiger partial charge in [0.2, 0.25) is 0 Å². The normalized spacial score (nSPS) is 20.2. The molecule has 1 aromatic rings. The number of aliphatic imine (C=N–C) groups is 1. The smallest absolute Gasteiger partial charge is 0.193 e. The molecule has 1 aromatic heterocycles. The van der Waals surface area contributed by atoms with Crippen molar-refractivity contribution in [2.45, 2.75) is 39.5 Å². The van der Waals surface area contributed by atoms with Gasteiger partial charge in [0, 0.05) is 63.6 Å². The largest absolute Gasteiger partial charge is 0.381 e. The zero-order chi connectivity index (χ0) is 18.2. The third-order valence-corrected chi connectivity index (χ3v) is 5.97. The van der Waals surface area contributed by atoms with E-state index in [9.17, 15) is 0 Å². The average molecular weight is 507 g/mol. The van der Waals surface area contributed by atoms with Crippen molar-refractivity contribution < 1.29 is 4.74 Å². The van der Waals surface area contributed by atoms with Crippen LogP contribution in [0.15, 0.2) is 10.4 Å². The highest BCUT2D eigenvalue weighted by Crippen LogP contribution is 2.24. The van der Waals surface area contributed by atoms with Crippen LogP contribution in [0.1, 0.15) is 38.8 Å². The lowest BCUT2D eigenvalue weighted by Gasteiger charge is -2.21. The van der Waals surface area contributed by atoms with E-state index in [1.165, 1.54) is 30.1 Å². The number of nitrogens with zero attached hydrogens (tertiary/aromatic N) is 4. The van der Waals surface area contributed by atoms with Crippen molar-refractivity contribution in [2.24, 2.45) is 10.9 Å². The molecule has 0 aliphatic carbocycles. The van der Waals surface area contributed by atoms with Crippen LogP contribution >= 0.6 is 35.3 Å². The van der Waals surface area contributed by atoms with E-state index in [0.717, 1.165) is 64.9 Å². The van der Waals surface area contributed by atoms with Gasteiger partial charge in [0.15, 0.2) is 11.1 Å². The molecular weight excluding hydrogens is 473 g/mol. The van der Waals surface area contributed by atoms with Crippen LogP contribution in [-0.4, -0.2) is 68.3 Å². The number of ether oxygens (including phenoxy) is 1. The highest BCUT2D eigenvalue weighted by atomic mass is 127. The molecule has 27 heavy (non-hydrogen) atoms. The summed E-state index contributed by atoms with van der Waals surface area (Å²) < 4.78 is 5.59. The summed E-state index contributed by atoms with van der Waals surface area (Å²) in [6.07, 6.45) is 4.70. The van der Waals surface area contributed by atoms with E-state index >= 15 is 0 Å². The second kappa shape index (κ2) is 12.1. The highest BCUT2D eigenvalue weighted by Gasteiger charge is 2.24. The van der Waals surface area contributed by atoms with Crippen LogP contribution < -0.4 is 10.2 Å². The van der Waals surface area contributed by atoms with Crippen LogP contribution in [-0.2, 0) is 11.2 Å². The van der Waals surface area contributed by atoms with Crippen LogP contribution in [0, 0.1) is 5.92 Å². The molecule has 0 amide bonds. The Kier molecular flexibility index (Phi) is 10.1. The molecule has 2 fully saturated rings. The van der Waals surface area contributed by atoms with Crippen molar-refractivity contribution in [2.75, 3.05) is 57.4 Å². The molecule has 6 nitrogen and oxygen atoms in total. The van der Waals surface area contributed by atoms with Gasteiger partial charge in [-0.25, -0.2) is 4.98 Å². The Labute approximate surface area is 184 Å². The van der Waals surface area contributed by atoms with E-state index < -0.39 is 0 Å². The highest BCUT2D eigenvalue weighted by molar-refractivity contribution is 14.0. The third-order valence-electron chi connectivity index (χ3n) is 5.02. The van der Waals surface area contributed by atoms with Crippen molar-refractivity contribution in [3.8, 4) is 0 Å². The zero-order valence-electron chi connectivity index (χ0n) is 16.7. The standard InChI is InChI=1S/C19H33N5OS.HI/c1-3-20-18(24-12-8-16(13-24)14-25-4-2)21-9-7-17-15-26-19(22-17)23-10-5-6-11-23;/h15-16H,3-14H2,1-2H3,(H,20,21);1H. The fourth-order valence-electron chi connectivity index (χ4n) is 3.61. The molecule has 0 saturated carbocycles. The Morgan fingerprint density at radius 2 is 2.15 bits per heavy atom. The minimum absolute atomic E-state index is 0. The number of guanidine groups is 1. The van der Waals surface area contributed by atoms with E-state index in [-0.39, 0.29) is 24.0 Å². The predicted molar refractivity (Wildman–Crippen MR) is 125 cm³/mol. The SMILES string of the molecule is CCNC(=NCCc1csc(N2CCCC2)n1)N1CCC(COCC)C1.I. The summed E-state index contributed by atoms with van der Waals surface area (Å²) in [6.45, 7) is 12.0. The summed E-state index contributed by atoms with van der Waals surface area (Å²) in [4.78, 5) is 14.4. The minimum Gasteiger partial charge on any atom is -0.381 e. The Hall–Kier alpha value is -0.610. The van der Waals surface area contributed by atoms with Gasteiger partial charge in [-0.3, -0.25) is 4.99 Å². The van der Waals surface area contributed by atoms with Gasteiger partial charge in [0.1, 0.15) is 0 Å². The Morgan fingerprint density at radius 1 is 1.33 bits per heavy atom.